The van der Waals surface area contributed by atoms with E-state index in [1.165, 1.54) is 82.7 Å². The molecule has 0 saturated heterocycles. The van der Waals surface area contributed by atoms with Crippen LogP contribution in [-0.2, 0) is 23.1 Å². The third-order valence-corrected chi connectivity index (χ3v) is 4.02. The molecule has 0 aliphatic rings. The fourth-order valence-corrected chi connectivity index (χ4v) is 2.70. The number of pyridine rings is 1. The van der Waals surface area contributed by atoms with Gasteiger partial charge in [0.05, 0.1) is 10.1 Å². The quantitative estimate of drug-likeness (QED) is 0.306. The first-order valence-electron chi connectivity index (χ1n) is 9.75. The number of unbranched alkanes of at least 4 members (excludes halogenated alkanes) is 8. The molecule has 0 unspecified atom stereocenters. The van der Waals surface area contributed by atoms with Gasteiger partial charge in [-0.25, -0.2) is 13.0 Å². The van der Waals surface area contributed by atoms with E-state index in [0.29, 0.717) is 6.26 Å². The average molecular weight is 372 g/mol. The van der Waals surface area contributed by atoms with E-state index < -0.39 is 10.1 Å². The van der Waals surface area contributed by atoms with Crippen molar-refractivity contribution < 1.29 is 17.5 Å². The van der Waals surface area contributed by atoms with Crippen LogP contribution < -0.4 is 4.57 Å². The molecule has 1 aromatic rings. The van der Waals surface area contributed by atoms with E-state index in [1.54, 1.807) is 0 Å². The molecule has 0 aliphatic heterocycles. The first-order valence-corrected chi connectivity index (χ1v) is 11.6. The highest BCUT2D eigenvalue weighted by molar-refractivity contribution is 7.84. The fraction of sp³-hybridized carbons (Fsp3) is 0.750. The SMILES string of the molecule is CCCCCCCCCCC[n+]1ccc(CCC)cc1.CS(=O)(=O)[O-]. The summed E-state index contributed by atoms with van der Waals surface area (Å²) in [4.78, 5) is 0. The molecule has 5 heteroatoms. The van der Waals surface area contributed by atoms with Gasteiger partial charge in [0.15, 0.2) is 12.4 Å². The molecule has 25 heavy (non-hydrogen) atoms. The summed E-state index contributed by atoms with van der Waals surface area (Å²) < 4.78 is 29.6. The van der Waals surface area contributed by atoms with Crippen molar-refractivity contribution >= 4 is 10.1 Å². The van der Waals surface area contributed by atoms with E-state index in [2.05, 4.69) is 42.9 Å². The maximum absolute atomic E-state index is 9.08. The van der Waals surface area contributed by atoms with Gasteiger partial charge in [-0.1, -0.05) is 65.2 Å². The Bertz CT molecular complexity index is 504. The first-order chi connectivity index (χ1) is 11.9. The summed E-state index contributed by atoms with van der Waals surface area (Å²) in [5.74, 6) is 0. The van der Waals surface area contributed by atoms with Crippen LogP contribution in [0.3, 0.4) is 0 Å². The summed E-state index contributed by atoms with van der Waals surface area (Å²) >= 11 is 0. The monoisotopic (exact) mass is 371 g/mol. The maximum Gasteiger partial charge on any atom is 0.169 e. The molecule has 0 fully saturated rings. The number of aryl methyl sites for hydroxylation is 2. The zero-order valence-electron chi connectivity index (χ0n) is 16.4. The Hall–Kier alpha value is -0.940. The van der Waals surface area contributed by atoms with E-state index in [1.807, 2.05) is 0 Å². The van der Waals surface area contributed by atoms with E-state index >= 15 is 0 Å². The predicted octanol–water partition coefficient (Wildman–Crippen LogP) is 4.62. The Kier molecular flexibility index (Phi) is 14.7. The molecule has 1 rings (SSSR count). The lowest BCUT2D eigenvalue weighted by Gasteiger charge is -2.01. The lowest BCUT2D eigenvalue weighted by Crippen LogP contribution is -2.32. The van der Waals surface area contributed by atoms with E-state index in [-0.39, 0.29) is 0 Å². The summed E-state index contributed by atoms with van der Waals surface area (Å²) in [7, 11) is -3.92. The van der Waals surface area contributed by atoms with E-state index in [0.717, 1.165) is 0 Å². The van der Waals surface area contributed by atoms with Crippen molar-refractivity contribution in [2.45, 2.75) is 91.0 Å². The van der Waals surface area contributed by atoms with Gasteiger partial charge in [-0.2, -0.15) is 0 Å². The number of nitrogens with zero attached hydrogens (tertiary/aromatic N) is 1. The summed E-state index contributed by atoms with van der Waals surface area (Å²) in [6.45, 7) is 5.71. The Morgan fingerprint density at radius 3 is 1.72 bits per heavy atom. The lowest BCUT2D eigenvalue weighted by atomic mass is 10.1. The zero-order valence-corrected chi connectivity index (χ0v) is 17.2. The molecule has 0 aliphatic carbocycles. The molecule has 0 bridgehead atoms. The van der Waals surface area contributed by atoms with Gasteiger partial charge in [-0.15, -0.1) is 0 Å². The third-order valence-electron chi connectivity index (χ3n) is 4.02. The molecular formula is C20H37NO3S. The number of rotatable bonds is 12. The van der Waals surface area contributed by atoms with Crippen LogP contribution >= 0.6 is 0 Å². The van der Waals surface area contributed by atoms with Crippen molar-refractivity contribution in [3.63, 3.8) is 0 Å². The van der Waals surface area contributed by atoms with Gasteiger partial charge in [-0.3, -0.25) is 0 Å². The van der Waals surface area contributed by atoms with Gasteiger partial charge in [0.2, 0.25) is 0 Å². The Balaban J connectivity index is 0.00000101. The maximum atomic E-state index is 9.08. The van der Waals surface area contributed by atoms with Crippen LogP contribution in [0.1, 0.15) is 83.6 Å². The number of hydrogen-bond donors (Lipinski definition) is 0. The molecule has 0 radical (unpaired) electrons. The van der Waals surface area contributed by atoms with Gasteiger partial charge in [-0.05, 0) is 18.4 Å². The van der Waals surface area contributed by atoms with Gasteiger partial charge >= 0.3 is 0 Å². The zero-order chi connectivity index (χ0) is 19.0. The second-order valence-corrected chi connectivity index (χ2v) is 8.14. The average Bonchev–Trinajstić information content (AvgIpc) is 2.53. The van der Waals surface area contributed by atoms with Gasteiger partial charge < -0.3 is 4.55 Å². The summed E-state index contributed by atoms with van der Waals surface area (Å²) in [6.07, 6.45) is 20.2. The molecular weight excluding hydrogens is 334 g/mol. The largest absolute Gasteiger partial charge is 0.748 e. The van der Waals surface area contributed by atoms with E-state index in [9.17, 15) is 0 Å². The van der Waals surface area contributed by atoms with Gasteiger partial charge in [0.1, 0.15) is 6.54 Å². The van der Waals surface area contributed by atoms with Crippen LogP contribution in [0, 0.1) is 0 Å². The van der Waals surface area contributed by atoms with Crippen LogP contribution in [0.2, 0.25) is 0 Å². The standard InChI is InChI=1S/C19H34N.CH4O3S/c1-3-5-6-7-8-9-10-11-12-16-20-17-14-19(13-4-2)15-18-20;1-5(2,3)4/h14-15,17-18H,3-13,16H2,1-2H3;1H3,(H,2,3,4)/q+1;/p-1. The topological polar surface area (TPSA) is 61.1 Å². The van der Waals surface area contributed by atoms with Gasteiger partial charge in [0.25, 0.3) is 0 Å². The summed E-state index contributed by atoms with van der Waals surface area (Å²) in [5.41, 5.74) is 1.47. The molecule has 1 heterocycles. The highest BCUT2D eigenvalue weighted by Gasteiger charge is 2.00. The Morgan fingerprint density at radius 2 is 1.28 bits per heavy atom. The second kappa shape index (κ2) is 15.3. The van der Waals surface area contributed by atoms with Crippen LogP contribution in [0.25, 0.3) is 0 Å². The molecule has 0 N–H and O–H groups in total. The summed E-state index contributed by atoms with van der Waals surface area (Å²) in [6, 6.07) is 4.55. The molecule has 0 amide bonds. The number of aromatic nitrogens is 1. The fourth-order valence-electron chi connectivity index (χ4n) is 2.70. The van der Waals surface area contributed by atoms with Crippen molar-refractivity contribution in [3.8, 4) is 0 Å². The third kappa shape index (κ3) is 19.2. The molecule has 4 nitrogen and oxygen atoms in total. The molecule has 0 aromatic carbocycles. The van der Waals surface area contributed by atoms with E-state index in [4.69, 9.17) is 13.0 Å². The van der Waals surface area contributed by atoms with Crippen molar-refractivity contribution in [2.24, 2.45) is 0 Å². The van der Waals surface area contributed by atoms with Crippen LogP contribution in [-0.4, -0.2) is 19.2 Å². The minimum Gasteiger partial charge on any atom is -0.748 e. The normalized spacial score (nSPS) is 11.0. The minimum absolute atomic E-state index is 0.604. The molecule has 0 saturated carbocycles. The highest BCUT2D eigenvalue weighted by atomic mass is 32.2. The van der Waals surface area contributed by atoms with Crippen molar-refractivity contribution in [1.29, 1.82) is 0 Å². The van der Waals surface area contributed by atoms with Gasteiger partial charge in [0, 0.05) is 24.8 Å². The lowest BCUT2D eigenvalue weighted by molar-refractivity contribution is -0.697. The predicted molar refractivity (Wildman–Crippen MR) is 103 cm³/mol. The highest BCUT2D eigenvalue weighted by Crippen LogP contribution is 2.09. The van der Waals surface area contributed by atoms with Crippen LogP contribution in [0.4, 0.5) is 0 Å². The smallest absolute Gasteiger partial charge is 0.169 e. The molecule has 146 valence electrons. The molecule has 1 aromatic heterocycles. The van der Waals surface area contributed by atoms with Crippen molar-refractivity contribution in [3.05, 3.63) is 30.1 Å². The van der Waals surface area contributed by atoms with Crippen LogP contribution in [0.5, 0.6) is 0 Å². The Morgan fingerprint density at radius 1 is 0.840 bits per heavy atom. The van der Waals surface area contributed by atoms with Crippen LogP contribution in [0.15, 0.2) is 24.5 Å². The Labute approximate surface area is 155 Å². The summed E-state index contributed by atoms with van der Waals surface area (Å²) in [5, 5.41) is 0. The number of hydrogen-bond acceptors (Lipinski definition) is 3. The molecule has 0 atom stereocenters. The second-order valence-electron chi connectivity index (χ2n) is 6.73. The van der Waals surface area contributed by atoms with Crippen molar-refractivity contribution in [1.82, 2.24) is 0 Å². The van der Waals surface area contributed by atoms with Crippen molar-refractivity contribution in [2.75, 3.05) is 6.26 Å². The minimum atomic E-state index is -3.92. The first kappa shape index (κ1) is 24.1. The molecule has 0 spiro atoms.